The van der Waals surface area contributed by atoms with Crippen molar-refractivity contribution < 1.29 is 9.21 Å². The number of aromatic nitrogens is 4. The smallest absolute Gasteiger partial charge is 0.276 e. The summed E-state index contributed by atoms with van der Waals surface area (Å²) < 4.78 is 5.19. The topological polar surface area (TPSA) is 87.9 Å². The molecule has 0 unspecified atom stereocenters. The molecule has 1 aliphatic heterocycles. The fraction of sp³-hybridized carbons (Fsp3) is 0.647. The van der Waals surface area contributed by atoms with Crippen LogP contribution in [0.3, 0.4) is 0 Å². The van der Waals surface area contributed by atoms with Crippen LogP contribution in [0.15, 0.2) is 10.8 Å². The number of nitrogens with zero attached hydrogens (tertiary/aromatic N) is 4. The van der Waals surface area contributed by atoms with Crippen LogP contribution in [0.5, 0.6) is 0 Å². The number of oxazole rings is 1. The molecule has 2 aromatic heterocycles. The second kappa shape index (κ2) is 5.16. The number of hydrogen-bond acceptors (Lipinski definition) is 5. The fourth-order valence-corrected chi connectivity index (χ4v) is 3.92. The average molecular weight is 327 g/mol. The van der Waals surface area contributed by atoms with Gasteiger partial charge >= 0.3 is 0 Å². The van der Waals surface area contributed by atoms with Gasteiger partial charge in [-0.3, -0.25) is 9.89 Å². The molecule has 2 saturated carbocycles. The van der Waals surface area contributed by atoms with Gasteiger partial charge in [0, 0.05) is 24.9 Å². The SMILES string of the molecule is Cc1ocnc1C(=O)N1C[C@H](c2nc(C3CC3)n[nH]2)[C@@H](C2CC2)C1. The van der Waals surface area contributed by atoms with Crippen molar-refractivity contribution in [2.24, 2.45) is 11.8 Å². The molecule has 0 radical (unpaired) electrons. The van der Waals surface area contributed by atoms with E-state index in [1.807, 2.05) is 4.90 Å². The van der Waals surface area contributed by atoms with E-state index in [9.17, 15) is 4.79 Å². The van der Waals surface area contributed by atoms with E-state index in [-0.39, 0.29) is 11.8 Å². The largest absolute Gasteiger partial charge is 0.448 e. The van der Waals surface area contributed by atoms with Crippen molar-refractivity contribution in [2.75, 3.05) is 13.1 Å². The predicted molar refractivity (Wildman–Crippen MR) is 84.5 cm³/mol. The normalized spacial score (nSPS) is 27.0. The van der Waals surface area contributed by atoms with Gasteiger partial charge in [-0.25, -0.2) is 9.97 Å². The molecule has 3 aliphatic rings. The number of amides is 1. The Morgan fingerprint density at radius 2 is 2.12 bits per heavy atom. The minimum Gasteiger partial charge on any atom is -0.448 e. The van der Waals surface area contributed by atoms with Gasteiger partial charge in [-0.15, -0.1) is 0 Å². The average Bonchev–Trinajstić information content (AvgIpc) is 3.48. The Kier molecular flexibility index (Phi) is 3.05. The summed E-state index contributed by atoms with van der Waals surface area (Å²) in [5.74, 6) is 4.46. The van der Waals surface area contributed by atoms with Crippen LogP contribution in [0.25, 0.3) is 0 Å². The van der Waals surface area contributed by atoms with Crippen LogP contribution < -0.4 is 0 Å². The number of hydrogen-bond donors (Lipinski definition) is 1. The van der Waals surface area contributed by atoms with Crippen LogP contribution in [0.1, 0.15) is 65.4 Å². The van der Waals surface area contributed by atoms with Gasteiger partial charge in [-0.1, -0.05) is 0 Å². The minimum atomic E-state index is -0.0312. The second-order valence-electron chi connectivity index (χ2n) is 7.43. The van der Waals surface area contributed by atoms with Crippen molar-refractivity contribution in [3.8, 4) is 0 Å². The maximum Gasteiger partial charge on any atom is 0.276 e. The fourth-order valence-electron chi connectivity index (χ4n) is 3.92. The first-order valence-electron chi connectivity index (χ1n) is 8.82. The van der Waals surface area contributed by atoms with Gasteiger partial charge in [0.25, 0.3) is 5.91 Å². The lowest BCUT2D eigenvalue weighted by atomic mass is 9.91. The zero-order valence-corrected chi connectivity index (χ0v) is 13.7. The van der Waals surface area contributed by atoms with Crippen LogP contribution in [0.4, 0.5) is 0 Å². The third kappa shape index (κ3) is 2.34. The summed E-state index contributed by atoms with van der Waals surface area (Å²) in [5.41, 5.74) is 0.432. The molecule has 0 aromatic carbocycles. The second-order valence-corrected chi connectivity index (χ2v) is 7.43. The molecule has 7 heteroatoms. The lowest BCUT2D eigenvalue weighted by molar-refractivity contribution is 0.0778. The summed E-state index contributed by atoms with van der Waals surface area (Å²) in [6, 6.07) is 0. The Hall–Kier alpha value is -2.18. The molecule has 7 nitrogen and oxygen atoms in total. The number of carbonyl (C=O) groups excluding carboxylic acids is 1. The third-order valence-corrected chi connectivity index (χ3v) is 5.64. The molecule has 5 rings (SSSR count). The van der Waals surface area contributed by atoms with Crippen LogP contribution in [-0.4, -0.2) is 44.1 Å². The van der Waals surface area contributed by atoms with E-state index in [1.54, 1.807) is 6.92 Å². The first-order chi connectivity index (χ1) is 11.7. The number of aryl methyl sites for hydroxylation is 1. The van der Waals surface area contributed by atoms with E-state index >= 15 is 0 Å². The summed E-state index contributed by atoms with van der Waals surface area (Å²) in [6.45, 7) is 3.25. The highest BCUT2D eigenvalue weighted by Gasteiger charge is 2.46. The maximum absolute atomic E-state index is 12.8. The van der Waals surface area contributed by atoms with Gasteiger partial charge in [-0.2, -0.15) is 5.10 Å². The molecule has 126 valence electrons. The first-order valence-corrected chi connectivity index (χ1v) is 8.82. The maximum atomic E-state index is 12.8. The molecule has 1 N–H and O–H groups in total. The van der Waals surface area contributed by atoms with Gasteiger partial charge in [0.2, 0.25) is 0 Å². The van der Waals surface area contributed by atoms with E-state index in [0.717, 1.165) is 18.2 Å². The monoisotopic (exact) mass is 327 g/mol. The number of nitrogens with one attached hydrogen (secondary N) is 1. The summed E-state index contributed by atoms with van der Waals surface area (Å²) in [7, 11) is 0. The Labute approximate surface area is 139 Å². The van der Waals surface area contributed by atoms with Crippen molar-refractivity contribution in [3.63, 3.8) is 0 Å². The minimum absolute atomic E-state index is 0.0312. The Balaban J connectivity index is 1.39. The highest BCUT2D eigenvalue weighted by molar-refractivity contribution is 5.93. The summed E-state index contributed by atoms with van der Waals surface area (Å²) >= 11 is 0. The third-order valence-electron chi connectivity index (χ3n) is 5.64. The first kappa shape index (κ1) is 14.2. The van der Waals surface area contributed by atoms with Crippen LogP contribution >= 0.6 is 0 Å². The number of carbonyl (C=O) groups is 1. The molecule has 1 amide bonds. The highest BCUT2D eigenvalue weighted by atomic mass is 16.3. The molecular formula is C17H21N5O2. The van der Waals surface area contributed by atoms with Crippen LogP contribution in [0.2, 0.25) is 0 Å². The Morgan fingerprint density at radius 3 is 2.79 bits per heavy atom. The molecule has 2 atom stereocenters. The molecule has 3 heterocycles. The Bertz CT molecular complexity index is 774. The van der Waals surface area contributed by atoms with Crippen molar-refractivity contribution in [2.45, 2.75) is 44.4 Å². The van der Waals surface area contributed by atoms with Gasteiger partial charge in [0.1, 0.15) is 11.6 Å². The van der Waals surface area contributed by atoms with Crippen molar-refractivity contribution in [1.29, 1.82) is 0 Å². The van der Waals surface area contributed by atoms with E-state index in [4.69, 9.17) is 9.40 Å². The lowest BCUT2D eigenvalue weighted by Gasteiger charge is -2.14. The highest BCUT2D eigenvalue weighted by Crippen LogP contribution is 2.47. The molecule has 0 spiro atoms. The van der Waals surface area contributed by atoms with E-state index < -0.39 is 0 Å². The van der Waals surface area contributed by atoms with Gasteiger partial charge in [0.15, 0.2) is 17.9 Å². The van der Waals surface area contributed by atoms with Crippen LogP contribution in [0, 0.1) is 18.8 Å². The van der Waals surface area contributed by atoms with Gasteiger partial charge < -0.3 is 9.32 Å². The van der Waals surface area contributed by atoms with Crippen molar-refractivity contribution >= 4 is 5.91 Å². The molecule has 2 aromatic rings. The summed E-state index contributed by atoms with van der Waals surface area (Å²) in [5, 5.41) is 7.56. The molecule has 24 heavy (non-hydrogen) atoms. The quantitative estimate of drug-likeness (QED) is 0.930. The molecule has 2 aliphatic carbocycles. The van der Waals surface area contributed by atoms with Crippen LogP contribution in [-0.2, 0) is 0 Å². The molecule has 0 bridgehead atoms. The molecular weight excluding hydrogens is 306 g/mol. The van der Waals surface area contributed by atoms with E-state index in [2.05, 4.69) is 15.2 Å². The molecule has 3 fully saturated rings. The number of H-pyrrole nitrogens is 1. The van der Waals surface area contributed by atoms with Gasteiger partial charge in [0.05, 0.1) is 0 Å². The van der Waals surface area contributed by atoms with Crippen molar-refractivity contribution in [1.82, 2.24) is 25.1 Å². The summed E-state index contributed by atoms with van der Waals surface area (Å²) in [6.07, 6.45) is 6.26. The predicted octanol–water partition coefficient (Wildman–Crippen LogP) is 2.24. The van der Waals surface area contributed by atoms with Crippen molar-refractivity contribution in [3.05, 3.63) is 29.5 Å². The zero-order chi connectivity index (χ0) is 16.3. The lowest BCUT2D eigenvalue weighted by Crippen LogP contribution is -2.30. The zero-order valence-electron chi connectivity index (χ0n) is 13.7. The van der Waals surface area contributed by atoms with E-state index in [1.165, 1.54) is 32.1 Å². The standard InChI is InChI=1S/C17H21N5O2/c1-9-14(18-8-24-9)17(23)22-6-12(10-2-3-10)13(7-22)16-19-15(20-21-16)11-4-5-11/h8,10-13H,2-7H2,1H3,(H,19,20,21)/t12-,13+/m1/s1. The molecule has 1 saturated heterocycles. The number of rotatable bonds is 4. The van der Waals surface area contributed by atoms with E-state index in [0.29, 0.717) is 35.8 Å². The number of aromatic amines is 1. The van der Waals surface area contributed by atoms with Gasteiger partial charge in [-0.05, 0) is 44.4 Å². The number of likely N-dealkylation sites (tertiary alicyclic amines) is 1. The Morgan fingerprint density at radius 1 is 1.29 bits per heavy atom. The summed E-state index contributed by atoms with van der Waals surface area (Å²) in [4.78, 5) is 23.5.